The zero-order valence-electron chi connectivity index (χ0n) is 71.8. The van der Waals surface area contributed by atoms with Crippen LogP contribution in [0.3, 0.4) is 0 Å². The molecule has 0 atom stereocenters. The van der Waals surface area contributed by atoms with Crippen LogP contribution in [-0.4, -0.2) is 19.9 Å². The van der Waals surface area contributed by atoms with Crippen LogP contribution in [0.5, 0.6) is 0 Å². The molecule has 10 nitrogen and oxygen atoms in total. The largest absolute Gasteiger partial charge is 0.456 e. The lowest BCUT2D eigenvalue weighted by Gasteiger charge is -2.20. The lowest BCUT2D eigenvalue weighted by Crippen LogP contribution is -2.00. The number of fused-ring (bicyclic) bond motifs is 20. The molecule has 0 fully saturated rings. The summed E-state index contributed by atoms with van der Waals surface area (Å²) >= 11 is 0. The molecule has 0 N–H and O–H groups in total. The Morgan fingerprint density at radius 3 is 0.836 bits per heavy atom. The highest BCUT2D eigenvalue weighted by Crippen LogP contribution is 2.53. The van der Waals surface area contributed by atoms with E-state index in [1.165, 1.54) is 10.8 Å². The molecule has 28 rings (SSSR count). The second kappa shape index (κ2) is 30.8. The molecule has 0 unspecified atom stereocenters. The normalized spacial score (nSPS) is 11.9. The van der Waals surface area contributed by atoms with E-state index in [2.05, 4.69) is 328 Å². The highest BCUT2D eigenvalue weighted by atomic mass is 16.3. The number of hydrogen-bond donors (Lipinski definition) is 0. The van der Waals surface area contributed by atoms with Gasteiger partial charge in [0.05, 0.1) is 22.8 Å². The Bertz CT molecular complexity index is 9420. The minimum Gasteiger partial charge on any atom is -0.456 e. The number of rotatable bonds is 12. The molecule has 624 valence electrons. The summed E-state index contributed by atoms with van der Waals surface area (Å²) in [6.45, 7) is 0. The van der Waals surface area contributed by atoms with Crippen molar-refractivity contribution in [1.29, 1.82) is 0 Å². The Labute approximate surface area is 765 Å². The average molecular weight is 1710 g/mol. The summed E-state index contributed by atoms with van der Waals surface area (Å²) < 4.78 is 39.7. The standard InChI is InChI=1S/2C62H36N2O3/c1-2-16-38(17-3-1)62-63-53(40-32-31-37-15-4-5-18-39(37)33-40)36-54(64-62)58-51(49-26-13-24-47-44-20-7-10-29-56(44)66-60(47)49)34-41(42-22-12-23-46-43-19-6-9-28-55(43)65-59(42)46)35-52(58)50-27-14-25-48-45-21-8-11-30-57(45)67-61(48)50;1-2-13-38(14-3-1)62-63-53(43-23-22-37-12-4-5-15-39(37)30-43)36-54(64-62)61-48(41-25-28-59-51(32-41)46-17-7-10-20-56(46)66-59)34-44(40-24-27-58-50(31-40)45-16-6-9-19-55(45)65-58)35-49(61)42-26-29-60-52(33-42)47-18-8-11-21-57(47)67-60/h2*1-36H. The second-order valence-electron chi connectivity index (χ2n) is 34.4. The molecule has 0 bridgehead atoms. The van der Waals surface area contributed by atoms with E-state index in [4.69, 9.17) is 46.4 Å². The molecular formula is C124H72N4O6. The third-order valence-corrected chi connectivity index (χ3v) is 26.6. The van der Waals surface area contributed by atoms with Crippen LogP contribution in [0.4, 0.5) is 0 Å². The predicted octanol–water partition coefficient (Wildman–Crippen LogP) is 34.7. The van der Waals surface area contributed by atoms with Crippen LogP contribution in [0.15, 0.2) is 463 Å². The second-order valence-corrected chi connectivity index (χ2v) is 34.4. The van der Waals surface area contributed by atoms with E-state index in [1.54, 1.807) is 0 Å². The number of benzene rings is 20. The molecule has 10 heteroatoms. The average Bonchev–Trinajstić information content (AvgIpc) is 1.42. The summed E-state index contributed by atoms with van der Waals surface area (Å²) in [5.74, 6) is 1.27. The molecule has 0 aliphatic rings. The predicted molar refractivity (Wildman–Crippen MR) is 548 cm³/mol. The minimum atomic E-state index is 0.623. The minimum absolute atomic E-state index is 0.623. The molecule has 20 aromatic carbocycles. The number of hydrogen-bond acceptors (Lipinski definition) is 10. The Hall–Kier alpha value is -18.1. The first kappa shape index (κ1) is 76.0. The van der Waals surface area contributed by atoms with Crippen molar-refractivity contribution in [3.05, 3.63) is 437 Å². The number of para-hydroxylation sites is 9. The first-order valence-electron chi connectivity index (χ1n) is 45.1. The van der Waals surface area contributed by atoms with E-state index in [0.29, 0.717) is 11.6 Å². The van der Waals surface area contributed by atoms with Gasteiger partial charge in [0, 0.05) is 115 Å². The fraction of sp³-hybridized carbons (Fsp3) is 0. The Morgan fingerprint density at radius 2 is 0.425 bits per heavy atom. The van der Waals surface area contributed by atoms with E-state index in [9.17, 15) is 0 Å². The van der Waals surface area contributed by atoms with Crippen molar-refractivity contribution in [2.24, 2.45) is 0 Å². The maximum Gasteiger partial charge on any atom is 0.160 e. The highest BCUT2D eigenvalue weighted by Gasteiger charge is 2.29. The Balaban J connectivity index is 0.000000136. The zero-order chi connectivity index (χ0) is 88.0. The molecule has 0 aliphatic heterocycles. The quantitative estimate of drug-likeness (QED) is 0.117. The highest BCUT2D eigenvalue weighted by molar-refractivity contribution is 6.18. The van der Waals surface area contributed by atoms with Crippen molar-refractivity contribution >= 4 is 153 Å². The van der Waals surface area contributed by atoms with Gasteiger partial charge in [0.15, 0.2) is 11.6 Å². The zero-order valence-corrected chi connectivity index (χ0v) is 71.8. The summed E-state index contributed by atoms with van der Waals surface area (Å²) in [6.07, 6.45) is 0. The molecule has 0 radical (unpaired) electrons. The first-order chi connectivity index (χ1) is 66.3. The van der Waals surface area contributed by atoms with Crippen molar-refractivity contribution in [1.82, 2.24) is 19.9 Å². The fourth-order valence-corrected chi connectivity index (χ4v) is 20.2. The van der Waals surface area contributed by atoms with Gasteiger partial charge in [-0.05, 0) is 193 Å². The SMILES string of the molecule is c1ccc(-c2nc(-c3ccc4ccccc4c3)cc(-c3c(-c4ccc5oc6ccccc6c5c4)cc(-c4ccc5oc6ccccc6c5c4)cc3-c3ccc4oc5ccccc5c4c3)n2)cc1.c1ccc(-c2nc(-c3ccc4ccccc4c3)cc(-c3c(-c4cccc5c4oc4ccccc45)cc(-c4cccc5c4oc4ccccc45)cc3-c3cccc4c3oc3ccccc34)n2)cc1. The van der Waals surface area contributed by atoms with Gasteiger partial charge in [0.1, 0.15) is 67.0 Å². The van der Waals surface area contributed by atoms with Crippen molar-refractivity contribution in [2.45, 2.75) is 0 Å². The van der Waals surface area contributed by atoms with Crippen molar-refractivity contribution in [2.75, 3.05) is 0 Å². The molecule has 0 aliphatic carbocycles. The lowest BCUT2D eigenvalue weighted by atomic mass is 9.85. The molecular weight excluding hydrogens is 1640 g/mol. The van der Waals surface area contributed by atoms with Gasteiger partial charge in [0.2, 0.25) is 0 Å². The van der Waals surface area contributed by atoms with Gasteiger partial charge in [-0.3, -0.25) is 0 Å². The summed E-state index contributed by atoms with van der Waals surface area (Å²) in [5.41, 5.74) is 31.0. The third kappa shape index (κ3) is 12.8. The number of furan rings is 6. The summed E-state index contributed by atoms with van der Waals surface area (Å²) in [4.78, 5) is 21.8. The van der Waals surface area contributed by atoms with Crippen LogP contribution in [0, 0.1) is 0 Å². The van der Waals surface area contributed by atoms with Crippen LogP contribution in [0.1, 0.15) is 0 Å². The van der Waals surface area contributed by atoms with Gasteiger partial charge in [-0.2, -0.15) is 0 Å². The Morgan fingerprint density at radius 1 is 0.134 bits per heavy atom. The molecule has 0 saturated carbocycles. The Kier molecular flexibility index (Phi) is 17.5. The first-order valence-corrected chi connectivity index (χ1v) is 45.1. The smallest absolute Gasteiger partial charge is 0.160 e. The van der Waals surface area contributed by atoms with Gasteiger partial charge >= 0.3 is 0 Å². The van der Waals surface area contributed by atoms with Crippen molar-refractivity contribution in [3.8, 4) is 135 Å². The van der Waals surface area contributed by atoms with Crippen LogP contribution < -0.4 is 0 Å². The third-order valence-electron chi connectivity index (χ3n) is 26.6. The van der Waals surface area contributed by atoms with Gasteiger partial charge in [-0.1, -0.05) is 315 Å². The maximum absolute atomic E-state index is 6.90. The summed E-state index contributed by atoms with van der Waals surface area (Å²) in [5, 5.41) is 17.3. The molecule has 134 heavy (non-hydrogen) atoms. The van der Waals surface area contributed by atoms with Crippen LogP contribution >= 0.6 is 0 Å². The van der Waals surface area contributed by atoms with Crippen LogP contribution in [0.2, 0.25) is 0 Å². The number of nitrogens with zero attached hydrogens (tertiary/aromatic N) is 4. The van der Waals surface area contributed by atoms with Crippen molar-refractivity contribution < 1.29 is 26.5 Å². The van der Waals surface area contributed by atoms with E-state index in [-0.39, 0.29) is 0 Å². The van der Waals surface area contributed by atoms with E-state index in [0.717, 1.165) is 265 Å². The molecule has 28 aromatic rings. The lowest BCUT2D eigenvalue weighted by molar-refractivity contribution is 0.668. The maximum atomic E-state index is 6.90. The fourth-order valence-electron chi connectivity index (χ4n) is 20.2. The van der Waals surface area contributed by atoms with Gasteiger partial charge in [-0.25, -0.2) is 19.9 Å². The monoisotopic (exact) mass is 1710 g/mol. The van der Waals surface area contributed by atoms with Gasteiger partial charge in [-0.15, -0.1) is 0 Å². The summed E-state index contributed by atoms with van der Waals surface area (Å²) in [6, 6.07) is 153. The topological polar surface area (TPSA) is 130 Å². The van der Waals surface area contributed by atoms with Crippen LogP contribution in [-0.2, 0) is 0 Å². The van der Waals surface area contributed by atoms with E-state index < -0.39 is 0 Å². The molecule has 0 saturated heterocycles. The molecule has 8 heterocycles. The molecule has 8 aromatic heterocycles. The molecule has 0 amide bonds. The van der Waals surface area contributed by atoms with Crippen molar-refractivity contribution in [3.63, 3.8) is 0 Å². The van der Waals surface area contributed by atoms with Gasteiger partial charge in [0.25, 0.3) is 0 Å². The number of aromatic nitrogens is 4. The molecule has 0 spiro atoms. The van der Waals surface area contributed by atoms with Gasteiger partial charge < -0.3 is 26.5 Å². The van der Waals surface area contributed by atoms with E-state index in [1.807, 2.05) is 109 Å². The van der Waals surface area contributed by atoms with Crippen LogP contribution in [0.25, 0.3) is 288 Å². The van der Waals surface area contributed by atoms with E-state index >= 15 is 0 Å². The summed E-state index contributed by atoms with van der Waals surface area (Å²) in [7, 11) is 0.